The van der Waals surface area contributed by atoms with Crippen LogP contribution in [0, 0.1) is 20.8 Å². The number of carbonyl (C=O) groups excluding carboxylic acids is 1. The molecule has 0 saturated carbocycles. The molecule has 5 rings (SSSR count). The summed E-state index contributed by atoms with van der Waals surface area (Å²) in [5.41, 5.74) is 8.13. The van der Waals surface area contributed by atoms with E-state index < -0.39 is 0 Å². The Kier molecular flexibility index (Phi) is 7.31. The molecule has 1 aliphatic rings. The number of benzene rings is 3. The summed E-state index contributed by atoms with van der Waals surface area (Å²) in [5.74, 6) is 1.12. The fourth-order valence-corrected chi connectivity index (χ4v) is 5.16. The second-order valence-electron chi connectivity index (χ2n) is 9.97. The minimum Gasteiger partial charge on any atom is -0.352 e. The molecule has 188 valence electrons. The highest BCUT2D eigenvalue weighted by Crippen LogP contribution is 2.29. The number of aryl methyl sites for hydroxylation is 3. The number of anilines is 1. The molecule has 1 aliphatic heterocycles. The largest absolute Gasteiger partial charge is 0.352 e. The third kappa shape index (κ3) is 5.56. The van der Waals surface area contributed by atoms with Gasteiger partial charge in [0.1, 0.15) is 0 Å². The fraction of sp³-hybridized carbons (Fsp3) is 0.281. The Morgan fingerprint density at radius 2 is 1.32 bits per heavy atom. The number of hydrogen-bond acceptors (Lipinski definition) is 4. The Hall–Kier alpha value is -3.99. The van der Waals surface area contributed by atoms with E-state index in [1.54, 1.807) is 0 Å². The molecule has 1 aromatic heterocycles. The summed E-state index contributed by atoms with van der Waals surface area (Å²) in [5, 5.41) is 9.09. The average Bonchev–Trinajstić information content (AvgIpc) is 2.95. The lowest BCUT2D eigenvalue weighted by Gasteiger charge is -2.36. The van der Waals surface area contributed by atoms with E-state index in [2.05, 4.69) is 84.4 Å². The van der Waals surface area contributed by atoms with Crippen molar-refractivity contribution in [3.8, 4) is 11.3 Å². The van der Waals surface area contributed by atoms with Crippen molar-refractivity contribution in [2.75, 3.05) is 31.1 Å². The summed E-state index contributed by atoms with van der Waals surface area (Å²) in [6.07, 6.45) is 0.470. The maximum atomic E-state index is 13.4. The van der Waals surface area contributed by atoms with Gasteiger partial charge in [0, 0.05) is 44.1 Å². The number of amides is 1. The van der Waals surface area contributed by atoms with Gasteiger partial charge in [-0.3, -0.25) is 4.79 Å². The molecule has 1 fully saturated rings. The van der Waals surface area contributed by atoms with Crippen LogP contribution in [0.4, 0.5) is 5.82 Å². The van der Waals surface area contributed by atoms with E-state index >= 15 is 0 Å². The van der Waals surface area contributed by atoms with Crippen molar-refractivity contribution in [1.82, 2.24) is 15.1 Å². The summed E-state index contributed by atoms with van der Waals surface area (Å²) >= 11 is 0. The standard InChI is InChI=1S/C32H34N4O/c1-23-20-25(3)28(21-24(23)2)30-14-15-31(34-33-30)35-16-18-36(19-17-35)32(37)22-29(26-10-6-4-7-11-26)27-12-8-5-9-13-27/h4-15,20-21,29H,16-19,22H2,1-3H3. The van der Waals surface area contributed by atoms with E-state index in [1.807, 2.05) is 41.3 Å². The molecule has 0 atom stereocenters. The Balaban J connectivity index is 1.23. The Labute approximate surface area is 219 Å². The van der Waals surface area contributed by atoms with Gasteiger partial charge in [-0.15, -0.1) is 10.2 Å². The van der Waals surface area contributed by atoms with E-state index in [-0.39, 0.29) is 11.8 Å². The van der Waals surface area contributed by atoms with Crippen molar-refractivity contribution in [2.45, 2.75) is 33.1 Å². The van der Waals surface area contributed by atoms with Gasteiger partial charge in [-0.1, -0.05) is 66.7 Å². The zero-order valence-electron chi connectivity index (χ0n) is 21.9. The van der Waals surface area contributed by atoms with Crippen LogP contribution in [-0.4, -0.2) is 47.2 Å². The number of rotatable bonds is 6. The van der Waals surface area contributed by atoms with Crippen LogP contribution in [0.5, 0.6) is 0 Å². The maximum Gasteiger partial charge on any atom is 0.223 e. The second kappa shape index (κ2) is 11.0. The van der Waals surface area contributed by atoms with Crippen LogP contribution < -0.4 is 4.90 Å². The van der Waals surface area contributed by atoms with E-state index in [9.17, 15) is 4.79 Å². The molecule has 0 N–H and O–H groups in total. The van der Waals surface area contributed by atoms with Gasteiger partial charge in [0.25, 0.3) is 0 Å². The van der Waals surface area contributed by atoms with E-state index in [1.165, 1.54) is 27.8 Å². The first-order valence-electron chi connectivity index (χ1n) is 13.0. The number of hydrogen-bond donors (Lipinski definition) is 0. The first kappa shape index (κ1) is 24.7. The predicted octanol–water partition coefficient (Wildman–Crippen LogP) is 5.94. The molecule has 1 saturated heterocycles. The van der Waals surface area contributed by atoms with Gasteiger partial charge in [0.15, 0.2) is 5.82 Å². The minimum absolute atomic E-state index is 0.0557. The smallest absolute Gasteiger partial charge is 0.223 e. The molecule has 0 bridgehead atoms. The summed E-state index contributed by atoms with van der Waals surface area (Å²) in [6, 6.07) is 29.2. The van der Waals surface area contributed by atoms with Gasteiger partial charge in [0.2, 0.25) is 5.91 Å². The molecule has 1 amide bonds. The molecular formula is C32H34N4O. The van der Waals surface area contributed by atoms with E-state index in [4.69, 9.17) is 0 Å². The maximum absolute atomic E-state index is 13.4. The summed E-state index contributed by atoms with van der Waals surface area (Å²) in [4.78, 5) is 17.6. The van der Waals surface area contributed by atoms with Gasteiger partial charge in [-0.2, -0.15) is 0 Å². The molecule has 4 aromatic rings. The highest BCUT2D eigenvalue weighted by molar-refractivity contribution is 5.78. The van der Waals surface area contributed by atoms with Gasteiger partial charge in [-0.25, -0.2) is 0 Å². The SMILES string of the molecule is Cc1cc(C)c(-c2ccc(N3CCN(C(=O)CC(c4ccccc4)c4ccccc4)CC3)nn2)cc1C. The monoisotopic (exact) mass is 490 g/mol. The van der Waals surface area contributed by atoms with Crippen LogP contribution in [0.1, 0.15) is 40.2 Å². The molecule has 5 nitrogen and oxygen atoms in total. The first-order valence-corrected chi connectivity index (χ1v) is 13.0. The molecule has 0 unspecified atom stereocenters. The topological polar surface area (TPSA) is 49.3 Å². The lowest BCUT2D eigenvalue weighted by atomic mass is 9.88. The van der Waals surface area contributed by atoms with Crippen LogP contribution in [0.15, 0.2) is 84.9 Å². The van der Waals surface area contributed by atoms with Gasteiger partial charge in [0.05, 0.1) is 5.69 Å². The van der Waals surface area contributed by atoms with Crippen molar-refractivity contribution in [3.63, 3.8) is 0 Å². The molecule has 5 heteroatoms. The average molecular weight is 491 g/mol. The lowest BCUT2D eigenvalue weighted by Crippen LogP contribution is -2.49. The summed E-state index contributed by atoms with van der Waals surface area (Å²) < 4.78 is 0. The van der Waals surface area contributed by atoms with Crippen molar-refractivity contribution < 1.29 is 4.79 Å². The lowest BCUT2D eigenvalue weighted by molar-refractivity contribution is -0.131. The Morgan fingerprint density at radius 3 is 1.89 bits per heavy atom. The number of piperazine rings is 1. The van der Waals surface area contributed by atoms with Crippen molar-refractivity contribution in [1.29, 1.82) is 0 Å². The third-order valence-corrected chi connectivity index (χ3v) is 7.51. The van der Waals surface area contributed by atoms with Crippen LogP contribution >= 0.6 is 0 Å². The van der Waals surface area contributed by atoms with Crippen molar-refractivity contribution in [3.05, 3.63) is 113 Å². The molecule has 37 heavy (non-hydrogen) atoms. The number of nitrogens with zero attached hydrogens (tertiary/aromatic N) is 4. The van der Waals surface area contributed by atoms with Crippen LogP contribution in [0.3, 0.4) is 0 Å². The molecule has 0 radical (unpaired) electrons. The van der Waals surface area contributed by atoms with Gasteiger partial charge >= 0.3 is 0 Å². The summed E-state index contributed by atoms with van der Waals surface area (Å²) in [7, 11) is 0. The zero-order valence-corrected chi connectivity index (χ0v) is 21.9. The highest BCUT2D eigenvalue weighted by Gasteiger charge is 2.26. The molecule has 3 aromatic carbocycles. The first-order chi connectivity index (χ1) is 18.0. The van der Waals surface area contributed by atoms with Crippen molar-refractivity contribution in [2.24, 2.45) is 0 Å². The van der Waals surface area contributed by atoms with Crippen molar-refractivity contribution >= 4 is 11.7 Å². The van der Waals surface area contributed by atoms with Gasteiger partial charge in [-0.05, 0) is 66.8 Å². The highest BCUT2D eigenvalue weighted by atomic mass is 16.2. The molecule has 2 heterocycles. The van der Waals surface area contributed by atoms with E-state index in [0.29, 0.717) is 19.5 Å². The summed E-state index contributed by atoms with van der Waals surface area (Å²) in [6.45, 7) is 9.27. The fourth-order valence-electron chi connectivity index (χ4n) is 5.16. The quantitative estimate of drug-likeness (QED) is 0.336. The third-order valence-electron chi connectivity index (χ3n) is 7.51. The molecular weight excluding hydrogens is 456 g/mol. The Bertz CT molecular complexity index is 1310. The number of aromatic nitrogens is 2. The number of carbonyl (C=O) groups is 1. The zero-order chi connectivity index (χ0) is 25.8. The normalized spacial score (nSPS) is 13.7. The van der Waals surface area contributed by atoms with Crippen LogP contribution in [0.25, 0.3) is 11.3 Å². The van der Waals surface area contributed by atoms with E-state index in [0.717, 1.165) is 30.2 Å². The molecule has 0 aliphatic carbocycles. The Morgan fingerprint density at radius 1 is 0.730 bits per heavy atom. The predicted molar refractivity (Wildman–Crippen MR) is 150 cm³/mol. The minimum atomic E-state index is 0.0557. The molecule has 0 spiro atoms. The second-order valence-corrected chi connectivity index (χ2v) is 9.97. The van der Waals surface area contributed by atoms with Crippen LogP contribution in [-0.2, 0) is 4.79 Å². The van der Waals surface area contributed by atoms with Gasteiger partial charge < -0.3 is 9.80 Å². The van der Waals surface area contributed by atoms with Crippen LogP contribution in [0.2, 0.25) is 0 Å².